The van der Waals surface area contributed by atoms with Crippen molar-refractivity contribution in [2.45, 2.75) is 18.9 Å². The highest BCUT2D eigenvalue weighted by atomic mass is 16.5. The zero-order chi connectivity index (χ0) is 13.1. The third-order valence-corrected chi connectivity index (χ3v) is 2.70. The zero-order valence-electron chi connectivity index (χ0n) is 11.1. The first-order valence-electron chi connectivity index (χ1n) is 6.47. The van der Waals surface area contributed by atoms with Gasteiger partial charge in [0.25, 0.3) is 0 Å². The van der Waals surface area contributed by atoms with Crippen LogP contribution in [-0.2, 0) is 19.0 Å². The highest BCUT2D eigenvalue weighted by Crippen LogP contribution is 2.04. The molecule has 0 aromatic heterocycles. The summed E-state index contributed by atoms with van der Waals surface area (Å²) in [6.45, 7) is 4.71. The monoisotopic (exact) mass is 260 g/mol. The minimum atomic E-state index is 0.159. The molecular weight excluding hydrogens is 236 g/mol. The molecule has 0 spiro atoms. The summed E-state index contributed by atoms with van der Waals surface area (Å²) in [7, 11) is 1.65. The van der Waals surface area contributed by atoms with Crippen LogP contribution in [0.5, 0.6) is 0 Å². The van der Waals surface area contributed by atoms with E-state index >= 15 is 0 Å². The van der Waals surface area contributed by atoms with Gasteiger partial charge < -0.3 is 24.8 Å². The number of rotatable bonds is 11. The lowest BCUT2D eigenvalue weighted by Crippen LogP contribution is -2.36. The number of hydrogen-bond donors (Lipinski definition) is 2. The molecule has 1 saturated heterocycles. The van der Waals surface area contributed by atoms with Crippen LogP contribution in [0.15, 0.2) is 0 Å². The third-order valence-electron chi connectivity index (χ3n) is 2.70. The summed E-state index contributed by atoms with van der Waals surface area (Å²) in [6.07, 6.45) is 1.59. The zero-order valence-corrected chi connectivity index (χ0v) is 11.1. The second-order valence-corrected chi connectivity index (χ2v) is 4.22. The van der Waals surface area contributed by atoms with E-state index in [0.717, 1.165) is 19.5 Å². The number of hydrogen-bond acceptors (Lipinski definition) is 5. The number of carbonyl (C=O) groups is 1. The van der Waals surface area contributed by atoms with E-state index in [2.05, 4.69) is 10.6 Å². The first-order chi connectivity index (χ1) is 8.83. The molecule has 6 nitrogen and oxygen atoms in total. The van der Waals surface area contributed by atoms with Crippen molar-refractivity contribution in [1.29, 1.82) is 0 Å². The van der Waals surface area contributed by atoms with Crippen molar-refractivity contribution in [3.05, 3.63) is 0 Å². The molecule has 1 amide bonds. The van der Waals surface area contributed by atoms with Gasteiger partial charge >= 0.3 is 0 Å². The van der Waals surface area contributed by atoms with Gasteiger partial charge in [-0.05, 0) is 6.42 Å². The average Bonchev–Trinajstić information content (AvgIpc) is 2.77. The van der Waals surface area contributed by atoms with Gasteiger partial charge in [-0.1, -0.05) is 0 Å². The Morgan fingerprint density at radius 1 is 1.22 bits per heavy atom. The largest absolute Gasteiger partial charge is 0.382 e. The molecule has 0 aliphatic carbocycles. The molecule has 1 atom stereocenters. The fourth-order valence-electron chi connectivity index (χ4n) is 1.72. The molecule has 0 bridgehead atoms. The number of ether oxygens (including phenoxy) is 3. The molecule has 1 aliphatic heterocycles. The molecular formula is C12H24N2O4. The average molecular weight is 260 g/mol. The molecule has 6 heteroatoms. The maximum atomic E-state index is 10.9. The molecule has 1 rings (SSSR count). The minimum Gasteiger partial charge on any atom is -0.382 e. The summed E-state index contributed by atoms with van der Waals surface area (Å²) in [6, 6.07) is 0.287. The van der Waals surface area contributed by atoms with E-state index in [9.17, 15) is 4.79 Å². The Bertz CT molecular complexity index is 226. The first kappa shape index (κ1) is 15.4. The Kier molecular flexibility index (Phi) is 8.75. The smallest absolute Gasteiger partial charge is 0.220 e. The van der Waals surface area contributed by atoms with E-state index in [1.165, 1.54) is 0 Å². The number of methoxy groups -OCH3 is 1. The van der Waals surface area contributed by atoms with E-state index < -0.39 is 0 Å². The molecule has 0 saturated carbocycles. The second kappa shape index (κ2) is 10.3. The quantitative estimate of drug-likeness (QED) is 0.492. The van der Waals surface area contributed by atoms with Crippen LogP contribution >= 0.6 is 0 Å². The third kappa shape index (κ3) is 7.60. The molecule has 0 radical (unpaired) electrons. The Balaban J connectivity index is 1.75. The summed E-state index contributed by atoms with van der Waals surface area (Å²) in [4.78, 5) is 10.9. The van der Waals surface area contributed by atoms with Crippen LogP contribution in [0, 0.1) is 0 Å². The van der Waals surface area contributed by atoms with Crippen molar-refractivity contribution in [3.63, 3.8) is 0 Å². The van der Waals surface area contributed by atoms with Crippen molar-refractivity contribution in [2.75, 3.05) is 53.2 Å². The van der Waals surface area contributed by atoms with Crippen LogP contribution in [0.3, 0.4) is 0 Å². The number of amides is 1. The maximum absolute atomic E-state index is 10.9. The van der Waals surface area contributed by atoms with E-state index in [4.69, 9.17) is 14.2 Å². The van der Waals surface area contributed by atoms with Crippen molar-refractivity contribution < 1.29 is 19.0 Å². The van der Waals surface area contributed by atoms with Crippen LogP contribution in [0.4, 0.5) is 0 Å². The lowest BCUT2D eigenvalue weighted by Gasteiger charge is -2.11. The highest BCUT2D eigenvalue weighted by Gasteiger charge is 2.19. The van der Waals surface area contributed by atoms with Gasteiger partial charge in [-0.15, -0.1) is 0 Å². The molecule has 106 valence electrons. The van der Waals surface area contributed by atoms with Crippen LogP contribution in [-0.4, -0.2) is 65.2 Å². The topological polar surface area (TPSA) is 68.8 Å². The first-order valence-corrected chi connectivity index (χ1v) is 6.47. The summed E-state index contributed by atoms with van der Waals surface area (Å²) >= 11 is 0. The summed E-state index contributed by atoms with van der Waals surface area (Å²) in [5.74, 6) is 0.159. The molecule has 0 aromatic rings. The molecule has 18 heavy (non-hydrogen) atoms. The van der Waals surface area contributed by atoms with E-state index in [-0.39, 0.29) is 11.9 Å². The molecule has 2 N–H and O–H groups in total. The minimum absolute atomic E-state index is 0.159. The number of carbonyl (C=O) groups excluding carboxylic acids is 1. The second-order valence-electron chi connectivity index (χ2n) is 4.22. The van der Waals surface area contributed by atoms with Crippen molar-refractivity contribution in [1.82, 2.24) is 10.6 Å². The van der Waals surface area contributed by atoms with Crippen molar-refractivity contribution in [2.24, 2.45) is 0 Å². The molecule has 1 fully saturated rings. The predicted octanol–water partition coefficient (Wildman–Crippen LogP) is -0.466. The van der Waals surface area contributed by atoms with Gasteiger partial charge in [0.15, 0.2) is 0 Å². The summed E-state index contributed by atoms with van der Waals surface area (Å²) in [5, 5.41) is 6.17. The Morgan fingerprint density at radius 3 is 2.61 bits per heavy atom. The van der Waals surface area contributed by atoms with Gasteiger partial charge in [-0.3, -0.25) is 4.79 Å². The van der Waals surface area contributed by atoms with Crippen molar-refractivity contribution >= 4 is 5.91 Å². The predicted molar refractivity (Wildman–Crippen MR) is 67.5 cm³/mol. The summed E-state index contributed by atoms with van der Waals surface area (Å²) < 4.78 is 15.5. The molecule has 1 aliphatic rings. The molecule has 1 heterocycles. The van der Waals surface area contributed by atoms with Gasteiger partial charge in [0.05, 0.1) is 33.0 Å². The number of nitrogens with one attached hydrogen (secondary N) is 2. The Morgan fingerprint density at radius 2 is 1.94 bits per heavy atom. The van der Waals surface area contributed by atoms with Crippen LogP contribution in [0.25, 0.3) is 0 Å². The SMILES string of the molecule is COCCOCCOCCNCC1CCC(=O)N1. The Hall–Kier alpha value is -0.690. The highest BCUT2D eigenvalue weighted by molar-refractivity contribution is 5.78. The fourth-order valence-corrected chi connectivity index (χ4v) is 1.72. The van der Waals surface area contributed by atoms with Crippen molar-refractivity contribution in [3.8, 4) is 0 Å². The fraction of sp³-hybridized carbons (Fsp3) is 0.917. The van der Waals surface area contributed by atoms with Gasteiger partial charge in [-0.25, -0.2) is 0 Å². The van der Waals surface area contributed by atoms with Gasteiger partial charge in [0.2, 0.25) is 5.91 Å². The molecule has 0 aromatic carbocycles. The summed E-state index contributed by atoms with van der Waals surface area (Å²) in [5.41, 5.74) is 0. The Labute approximate surface area is 108 Å². The maximum Gasteiger partial charge on any atom is 0.220 e. The van der Waals surface area contributed by atoms with Gasteiger partial charge in [-0.2, -0.15) is 0 Å². The van der Waals surface area contributed by atoms with E-state index in [1.807, 2.05) is 0 Å². The van der Waals surface area contributed by atoms with Crippen LogP contribution in [0.2, 0.25) is 0 Å². The molecule has 1 unspecified atom stereocenters. The van der Waals surface area contributed by atoms with Crippen LogP contribution in [0.1, 0.15) is 12.8 Å². The normalized spacial score (nSPS) is 19.2. The van der Waals surface area contributed by atoms with E-state index in [1.54, 1.807) is 7.11 Å². The van der Waals surface area contributed by atoms with Gasteiger partial charge in [0, 0.05) is 32.7 Å². The van der Waals surface area contributed by atoms with E-state index in [0.29, 0.717) is 39.5 Å². The lowest BCUT2D eigenvalue weighted by molar-refractivity contribution is -0.119. The lowest BCUT2D eigenvalue weighted by atomic mass is 10.2. The van der Waals surface area contributed by atoms with Crippen LogP contribution < -0.4 is 10.6 Å². The van der Waals surface area contributed by atoms with Gasteiger partial charge in [0.1, 0.15) is 0 Å². The standard InChI is InChI=1S/C12H24N2O4/c1-16-6-7-18-9-8-17-5-4-13-10-11-2-3-12(15)14-11/h11,13H,2-10H2,1H3,(H,14,15).